The normalized spacial score (nSPS) is 9.31. The van der Waals surface area contributed by atoms with Crippen molar-refractivity contribution in [3.8, 4) is 0 Å². The Morgan fingerprint density at radius 3 is 1.56 bits per heavy atom. The summed E-state index contributed by atoms with van der Waals surface area (Å²) in [6.07, 6.45) is 4.74. The fourth-order valence-electron chi connectivity index (χ4n) is 1.05. The Labute approximate surface area is 106 Å². The number of thioether (sulfide) groups is 1. The van der Waals surface area contributed by atoms with E-state index < -0.39 is 0 Å². The molecule has 0 aromatic heterocycles. The van der Waals surface area contributed by atoms with Gasteiger partial charge in [0.25, 0.3) is 5.24 Å². The van der Waals surface area contributed by atoms with Gasteiger partial charge in [-0.2, -0.15) is 0 Å². The molecule has 98 valence electrons. The molecule has 0 saturated heterocycles. The molecule has 1 amide bonds. The van der Waals surface area contributed by atoms with Gasteiger partial charge in [-0.25, -0.2) is 0 Å². The SMILES string of the molecule is CCCC.CCCN(CCC)C(=O)SCC. The van der Waals surface area contributed by atoms with Crippen molar-refractivity contribution in [2.75, 3.05) is 18.8 Å². The fraction of sp³-hybridized carbons (Fsp3) is 0.923. The first-order valence-electron chi connectivity index (χ1n) is 6.59. The van der Waals surface area contributed by atoms with Crippen LogP contribution in [0.2, 0.25) is 0 Å². The standard InChI is InChI=1S/C9H19NOS.C4H10/c1-4-7-10(8-5-2)9(11)12-6-3;1-3-4-2/h4-8H2,1-3H3;3-4H2,1-2H3. The van der Waals surface area contributed by atoms with Gasteiger partial charge in [0, 0.05) is 13.1 Å². The molecule has 0 atom stereocenters. The molecule has 0 aromatic carbocycles. The number of carbonyl (C=O) groups excluding carboxylic acids is 1. The zero-order chi connectivity index (χ0) is 12.8. The van der Waals surface area contributed by atoms with E-state index >= 15 is 0 Å². The Morgan fingerprint density at radius 1 is 0.875 bits per heavy atom. The molecule has 3 heteroatoms. The monoisotopic (exact) mass is 247 g/mol. The molecular formula is C13H29NOS. The van der Waals surface area contributed by atoms with Crippen LogP contribution in [-0.4, -0.2) is 29.0 Å². The smallest absolute Gasteiger partial charge is 0.281 e. The first kappa shape index (κ1) is 18.2. The molecule has 0 heterocycles. The molecule has 0 aliphatic rings. The molecule has 0 bridgehead atoms. The average Bonchev–Trinajstić information content (AvgIpc) is 2.29. The molecule has 16 heavy (non-hydrogen) atoms. The van der Waals surface area contributed by atoms with Crippen molar-refractivity contribution in [3.05, 3.63) is 0 Å². The third kappa shape index (κ3) is 11.9. The molecule has 0 N–H and O–H groups in total. The Balaban J connectivity index is 0. The van der Waals surface area contributed by atoms with Crippen molar-refractivity contribution in [3.63, 3.8) is 0 Å². The Hall–Kier alpha value is -0.180. The number of unbranched alkanes of at least 4 members (excludes halogenated alkanes) is 1. The number of amides is 1. The molecule has 0 fully saturated rings. The van der Waals surface area contributed by atoms with Crippen LogP contribution >= 0.6 is 11.8 Å². The van der Waals surface area contributed by atoms with Gasteiger partial charge in [-0.05, 0) is 18.6 Å². The molecule has 0 radical (unpaired) electrons. The minimum atomic E-state index is 0.237. The summed E-state index contributed by atoms with van der Waals surface area (Å²) < 4.78 is 0. The third-order valence-electron chi connectivity index (χ3n) is 2.01. The number of carbonyl (C=O) groups is 1. The molecule has 0 aromatic rings. The lowest BCUT2D eigenvalue weighted by Crippen LogP contribution is -2.29. The fourth-order valence-corrected chi connectivity index (χ4v) is 1.66. The van der Waals surface area contributed by atoms with Crippen molar-refractivity contribution < 1.29 is 4.79 Å². The third-order valence-corrected chi connectivity index (χ3v) is 2.81. The van der Waals surface area contributed by atoms with E-state index in [9.17, 15) is 4.79 Å². The minimum Gasteiger partial charge on any atom is -0.334 e. The lowest BCUT2D eigenvalue weighted by Gasteiger charge is -2.20. The van der Waals surface area contributed by atoms with E-state index in [1.807, 2.05) is 11.8 Å². The largest absolute Gasteiger partial charge is 0.334 e. The van der Waals surface area contributed by atoms with Crippen LogP contribution in [0.1, 0.15) is 60.3 Å². The van der Waals surface area contributed by atoms with Crippen molar-refractivity contribution in [1.82, 2.24) is 4.90 Å². The van der Waals surface area contributed by atoms with E-state index in [2.05, 4.69) is 27.7 Å². The molecule has 0 spiro atoms. The van der Waals surface area contributed by atoms with Gasteiger partial charge in [-0.1, -0.05) is 59.2 Å². The van der Waals surface area contributed by atoms with Gasteiger partial charge >= 0.3 is 0 Å². The summed E-state index contributed by atoms with van der Waals surface area (Å²) in [5.74, 6) is 0.878. The van der Waals surface area contributed by atoms with Crippen LogP contribution in [0.25, 0.3) is 0 Å². The highest BCUT2D eigenvalue weighted by Crippen LogP contribution is 2.09. The zero-order valence-electron chi connectivity index (χ0n) is 11.7. The van der Waals surface area contributed by atoms with Crippen LogP contribution < -0.4 is 0 Å². The van der Waals surface area contributed by atoms with Crippen molar-refractivity contribution in [2.45, 2.75) is 60.3 Å². The molecule has 0 aliphatic heterocycles. The van der Waals surface area contributed by atoms with Crippen molar-refractivity contribution in [1.29, 1.82) is 0 Å². The van der Waals surface area contributed by atoms with E-state index in [1.54, 1.807) is 0 Å². The highest BCUT2D eigenvalue weighted by atomic mass is 32.2. The van der Waals surface area contributed by atoms with E-state index in [-0.39, 0.29) is 5.24 Å². The van der Waals surface area contributed by atoms with Gasteiger partial charge in [0.05, 0.1) is 0 Å². The number of rotatable bonds is 6. The van der Waals surface area contributed by atoms with Gasteiger partial charge in [0.2, 0.25) is 0 Å². The summed E-state index contributed by atoms with van der Waals surface area (Å²) in [6, 6.07) is 0. The van der Waals surface area contributed by atoms with Crippen LogP contribution in [0, 0.1) is 0 Å². The van der Waals surface area contributed by atoms with Crippen molar-refractivity contribution in [2.24, 2.45) is 0 Å². The average molecular weight is 247 g/mol. The first-order chi connectivity index (χ1) is 7.67. The maximum absolute atomic E-state index is 11.4. The highest BCUT2D eigenvalue weighted by Gasteiger charge is 2.09. The number of hydrogen-bond donors (Lipinski definition) is 0. The molecule has 2 nitrogen and oxygen atoms in total. The number of nitrogens with zero attached hydrogens (tertiary/aromatic N) is 1. The second-order valence-corrected chi connectivity index (χ2v) is 4.90. The van der Waals surface area contributed by atoms with E-state index in [0.717, 1.165) is 31.7 Å². The van der Waals surface area contributed by atoms with Crippen LogP contribution in [0.5, 0.6) is 0 Å². The predicted molar refractivity (Wildman–Crippen MR) is 76.3 cm³/mol. The topological polar surface area (TPSA) is 20.3 Å². The van der Waals surface area contributed by atoms with Crippen LogP contribution in [0.3, 0.4) is 0 Å². The van der Waals surface area contributed by atoms with Gasteiger partial charge < -0.3 is 4.90 Å². The summed E-state index contributed by atoms with van der Waals surface area (Å²) >= 11 is 1.41. The van der Waals surface area contributed by atoms with Gasteiger partial charge in [-0.15, -0.1) is 0 Å². The maximum Gasteiger partial charge on any atom is 0.281 e. The highest BCUT2D eigenvalue weighted by molar-refractivity contribution is 8.13. The Bertz CT molecular complexity index is 143. The minimum absolute atomic E-state index is 0.237. The molecule has 0 aliphatic carbocycles. The van der Waals surface area contributed by atoms with Gasteiger partial charge in [-0.3, -0.25) is 4.79 Å². The molecular weight excluding hydrogens is 218 g/mol. The molecule has 0 unspecified atom stereocenters. The summed E-state index contributed by atoms with van der Waals surface area (Å²) in [5, 5.41) is 0.237. The summed E-state index contributed by atoms with van der Waals surface area (Å²) in [4.78, 5) is 13.4. The zero-order valence-corrected chi connectivity index (χ0v) is 12.5. The lowest BCUT2D eigenvalue weighted by molar-refractivity contribution is 0.223. The summed E-state index contributed by atoms with van der Waals surface area (Å²) in [7, 11) is 0. The first-order valence-corrected chi connectivity index (χ1v) is 7.57. The lowest BCUT2D eigenvalue weighted by atomic mass is 10.4. The van der Waals surface area contributed by atoms with E-state index in [1.165, 1.54) is 24.6 Å². The van der Waals surface area contributed by atoms with Crippen LogP contribution in [-0.2, 0) is 0 Å². The Kier molecular flexibility index (Phi) is 16.9. The van der Waals surface area contributed by atoms with Gasteiger partial charge in [0.15, 0.2) is 0 Å². The van der Waals surface area contributed by atoms with Crippen LogP contribution in [0.4, 0.5) is 4.79 Å². The second kappa shape index (κ2) is 14.8. The van der Waals surface area contributed by atoms with E-state index in [4.69, 9.17) is 0 Å². The quantitative estimate of drug-likeness (QED) is 0.672. The molecule has 0 saturated carbocycles. The maximum atomic E-state index is 11.4. The molecule has 0 rings (SSSR count). The van der Waals surface area contributed by atoms with E-state index in [0.29, 0.717) is 0 Å². The summed E-state index contributed by atoms with van der Waals surface area (Å²) in [5.41, 5.74) is 0. The van der Waals surface area contributed by atoms with Crippen molar-refractivity contribution >= 4 is 17.0 Å². The second-order valence-electron chi connectivity index (χ2n) is 3.69. The van der Waals surface area contributed by atoms with Crippen LogP contribution in [0.15, 0.2) is 0 Å². The Morgan fingerprint density at radius 2 is 1.31 bits per heavy atom. The summed E-state index contributed by atoms with van der Waals surface area (Å²) in [6.45, 7) is 12.4. The number of hydrogen-bond acceptors (Lipinski definition) is 2. The predicted octanol–water partition coefficient (Wildman–Crippen LogP) is 4.79. The van der Waals surface area contributed by atoms with Gasteiger partial charge in [0.1, 0.15) is 0 Å².